The molecule has 1 unspecified atom stereocenters. The third-order valence-electron chi connectivity index (χ3n) is 5.57. The average Bonchev–Trinajstić information content (AvgIpc) is 3.24. The van der Waals surface area contributed by atoms with Crippen molar-refractivity contribution in [3.63, 3.8) is 0 Å². The summed E-state index contributed by atoms with van der Waals surface area (Å²) in [6, 6.07) is 12.8. The Bertz CT molecular complexity index is 1030. The Morgan fingerprint density at radius 1 is 1.14 bits per heavy atom. The zero-order valence-corrected chi connectivity index (χ0v) is 16.3. The number of anilines is 1. The summed E-state index contributed by atoms with van der Waals surface area (Å²) in [6.07, 6.45) is 0.361. The highest BCUT2D eigenvalue weighted by atomic mass is 32.2. The number of benzene rings is 2. The van der Waals surface area contributed by atoms with Crippen molar-refractivity contribution in [3.8, 4) is 0 Å². The minimum atomic E-state index is -4.03. The van der Waals surface area contributed by atoms with E-state index < -0.39 is 21.3 Å². The summed E-state index contributed by atoms with van der Waals surface area (Å²) in [5.41, 5.74) is 0.667. The van der Waals surface area contributed by atoms with Gasteiger partial charge in [-0.05, 0) is 30.2 Å². The van der Waals surface area contributed by atoms with E-state index in [-0.39, 0.29) is 23.9 Å². The molecule has 28 heavy (non-hydrogen) atoms. The third kappa shape index (κ3) is 2.75. The first-order valence-electron chi connectivity index (χ1n) is 9.07. The lowest BCUT2D eigenvalue weighted by molar-refractivity contribution is -0.122. The van der Waals surface area contributed by atoms with Crippen molar-refractivity contribution in [2.45, 2.75) is 16.7 Å². The van der Waals surface area contributed by atoms with Crippen LogP contribution >= 0.6 is 0 Å². The summed E-state index contributed by atoms with van der Waals surface area (Å²) >= 11 is 0. The van der Waals surface area contributed by atoms with Gasteiger partial charge < -0.3 is 9.64 Å². The Hall–Kier alpha value is -2.29. The molecule has 148 valence electrons. The molecule has 1 fully saturated rings. The van der Waals surface area contributed by atoms with Crippen molar-refractivity contribution in [2.24, 2.45) is 0 Å². The first kappa shape index (κ1) is 19.0. The summed E-state index contributed by atoms with van der Waals surface area (Å²) < 4.78 is 46.5. The maximum Gasteiger partial charge on any atom is 0.246 e. The lowest BCUT2D eigenvalue weighted by Gasteiger charge is -2.24. The number of fused-ring (bicyclic) bond motifs is 2. The van der Waals surface area contributed by atoms with Crippen LogP contribution in [-0.2, 0) is 25.0 Å². The molecule has 0 bridgehead atoms. The minimum Gasteiger partial charge on any atom is -0.383 e. The van der Waals surface area contributed by atoms with Gasteiger partial charge in [-0.1, -0.05) is 30.3 Å². The van der Waals surface area contributed by atoms with Crippen LogP contribution in [0.3, 0.4) is 0 Å². The van der Waals surface area contributed by atoms with E-state index in [0.29, 0.717) is 19.6 Å². The molecule has 0 N–H and O–H groups in total. The molecule has 2 aliphatic rings. The molecule has 6 nitrogen and oxygen atoms in total. The van der Waals surface area contributed by atoms with E-state index in [1.807, 2.05) is 24.3 Å². The fourth-order valence-electron chi connectivity index (χ4n) is 4.17. The van der Waals surface area contributed by atoms with Gasteiger partial charge in [-0.3, -0.25) is 4.79 Å². The second kappa shape index (κ2) is 6.95. The lowest BCUT2D eigenvalue weighted by Crippen LogP contribution is -2.44. The number of hydrogen-bond acceptors (Lipinski definition) is 4. The molecule has 2 aliphatic heterocycles. The first-order valence-corrected chi connectivity index (χ1v) is 10.5. The van der Waals surface area contributed by atoms with E-state index in [9.17, 15) is 17.6 Å². The number of rotatable bonds is 5. The average molecular weight is 404 g/mol. The highest BCUT2D eigenvalue weighted by molar-refractivity contribution is 7.89. The SMILES string of the molecule is COCCN1C(=O)C2(CCN(S(=O)(=O)c3ccccc3F)C2)c2ccccc21. The van der Waals surface area contributed by atoms with Crippen molar-refractivity contribution < 1.29 is 22.3 Å². The summed E-state index contributed by atoms with van der Waals surface area (Å²) in [6.45, 7) is 0.944. The Morgan fingerprint density at radius 2 is 1.86 bits per heavy atom. The van der Waals surface area contributed by atoms with Gasteiger partial charge >= 0.3 is 0 Å². The molecule has 0 radical (unpaired) electrons. The van der Waals surface area contributed by atoms with Gasteiger partial charge in [0.1, 0.15) is 10.7 Å². The highest BCUT2D eigenvalue weighted by Gasteiger charge is 2.56. The highest BCUT2D eigenvalue weighted by Crippen LogP contribution is 2.48. The van der Waals surface area contributed by atoms with E-state index in [2.05, 4.69) is 0 Å². The fourth-order valence-corrected chi connectivity index (χ4v) is 5.73. The van der Waals surface area contributed by atoms with Crippen LogP contribution in [0.15, 0.2) is 53.4 Å². The molecular weight excluding hydrogens is 383 g/mol. The normalized spacial score (nSPS) is 22.2. The summed E-state index contributed by atoms with van der Waals surface area (Å²) in [4.78, 5) is 14.6. The van der Waals surface area contributed by atoms with Crippen LogP contribution in [-0.4, -0.2) is 52.0 Å². The van der Waals surface area contributed by atoms with E-state index in [0.717, 1.165) is 17.3 Å². The number of hydrogen-bond donors (Lipinski definition) is 0. The van der Waals surface area contributed by atoms with Gasteiger partial charge in [0.2, 0.25) is 15.9 Å². The third-order valence-corrected chi connectivity index (χ3v) is 7.45. The number of ether oxygens (including phenoxy) is 1. The maximum absolute atomic E-state index is 14.1. The van der Waals surface area contributed by atoms with Crippen LogP contribution in [0, 0.1) is 5.82 Å². The lowest BCUT2D eigenvalue weighted by atomic mass is 9.81. The molecule has 2 heterocycles. The maximum atomic E-state index is 14.1. The number of para-hydroxylation sites is 1. The Kier molecular flexibility index (Phi) is 4.73. The molecule has 1 atom stereocenters. The second-order valence-corrected chi connectivity index (χ2v) is 8.97. The largest absolute Gasteiger partial charge is 0.383 e. The number of methoxy groups -OCH3 is 1. The molecular formula is C20H21FN2O4S. The molecule has 1 spiro atoms. The standard InChI is InChI=1S/C20H21FN2O4S/c1-27-13-12-23-17-8-4-2-6-15(17)20(19(23)24)10-11-22(14-20)28(25,26)18-9-5-3-7-16(18)21/h2-9H,10-14H2,1H3. The zero-order chi connectivity index (χ0) is 19.9. The molecule has 2 aromatic carbocycles. The number of nitrogens with zero attached hydrogens (tertiary/aromatic N) is 2. The first-order chi connectivity index (χ1) is 13.4. The van der Waals surface area contributed by atoms with Crippen molar-refractivity contribution in [3.05, 3.63) is 59.9 Å². The number of carbonyl (C=O) groups excluding carboxylic acids is 1. The summed E-state index contributed by atoms with van der Waals surface area (Å²) in [5, 5.41) is 0. The van der Waals surface area contributed by atoms with E-state index >= 15 is 0 Å². The van der Waals surface area contributed by atoms with Crippen LogP contribution in [0.4, 0.5) is 10.1 Å². The second-order valence-electron chi connectivity index (χ2n) is 7.07. The molecule has 0 saturated carbocycles. The van der Waals surface area contributed by atoms with E-state index in [4.69, 9.17) is 4.74 Å². The number of halogens is 1. The van der Waals surface area contributed by atoms with Crippen molar-refractivity contribution in [2.75, 3.05) is 38.3 Å². The summed E-state index contributed by atoms with van der Waals surface area (Å²) in [7, 11) is -2.46. The van der Waals surface area contributed by atoms with Crippen LogP contribution in [0.2, 0.25) is 0 Å². The van der Waals surface area contributed by atoms with Crippen LogP contribution in [0.25, 0.3) is 0 Å². The Labute approximate surface area is 163 Å². The monoisotopic (exact) mass is 404 g/mol. The van der Waals surface area contributed by atoms with Gasteiger partial charge in [-0.2, -0.15) is 4.31 Å². The number of carbonyl (C=O) groups is 1. The predicted octanol–water partition coefficient (Wildman–Crippen LogP) is 2.15. The quantitative estimate of drug-likeness (QED) is 0.766. The number of sulfonamides is 1. The van der Waals surface area contributed by atoms with Crippen LogP contribution in [0.1, 0.15) is 12.0 Å². The summed E-state index contributed by atoms with van der Waals surface area (Å²) in [5.74, 6) is -0.916. The van der Waals surface area contributed by atoms with E-state index in [1.165, 1.54) is 22.5 Å². The predicted molar refractivity (Wildman–Crippen MR) is 102 cm³/mol. The smallest absolute Gasteiger partial charge is 0.246 e. The van der Waals surface area contributed by atoms with Crippen LogP contribution in [0.5, 0.6) is 0 Å². The molecule has 0 aliphatic carbocycles. The number of amides is 1. The van der Waals surface area contributed by atoms with Gasteiger partial charge in [0.05, 0.1) is 12.0 Å². The van der Waals surface area contributed by atoms with Crippen molar-refractivity contribution in [1.29, 1.82) is 0 Å². The zero-order valence-electron chi connectivity index (χ0n) is 15.5. The van der Waals surface area contributed by atoms with Crippen molar-refractivity contribution in [1.82, 2.24) is 4.31 Å². The van der Waals surface area contributed by atoms with Gasteiger partial charge in [-0.25, -0.2) is 12.8 Å². The van der Waals surface area contributed by atoms with E-state index in [1.54, 1.807) is 12.0 Å². The van der Waals surface area contributed by atoms with Crippen molar-refractivity contribution >= 4 is 21.6 Å². The molecule has 4 rings (SSSR count). The Balaban J connectivity index is 1.71. The molecule has 8 heteroatoms. The fraction of sp³-hybridized carbons (Fsp3) is 0.350. The topological polar surface area (TPSA) is 66.9 Å². The Morgan fingerprint density at radius 3 is 2.61 bits per heavy atom. The molecule has 1 saturated heterocycles. The molecule has 1 amide bonds. The van der Waals surface area contributed by atoms with Gasteiger partial charge in [-0.15, -0.1) is 0 Å². The van der Waals surface area contributed by atoms with Crippen LogP contribution < -0.4 is 4.90 Å². The van der Waals surface area contributed by atoms with Gasteiger partial charge in [0.25, 0.3) is 0 Å². The molecule has 2 aromatic rings. The van der Waals surface area contributed by atoms with Gasteiger partial charge in [0, 0.05) is 32.4 Å². The van der Waals surface area contributed by atoms with Gasteiger partial charge in [0.15, 0.2) is 0 Å². The molecule has 0 aromatic heterocycles. The minimum absolute atomic E-state index is 0.00297.